The van der Waals surface area contributed by atoms with E-state index in [2.05, 4.69) is 108 Å². The van der Waals surface area contributed by atoms with Crippen LogP contribution in [-0.2, 0) is 22.8 Å². The molecule has 0 aromatic rings. The van der Waals surface area contributed by atoms with Gasteiger partial charge in [0, 0.05) is 6.42 Å². The highest BCUT2D eigenvalue weighted by Crippen LogP contribution is 2.43. The van der Waals surface area contributed by atoms with Crippen LogP contribution in [-0.4, -0.2) is 73.0 Å². The number of aliphatic hydroxyl groups excluding tert-OH is 1. The lowest BCUT2D eigenvalue weighted by Gasteiger charge is -2.50. The maximum atomic E-state index is 10.8. The van der Waals surface area contributed by atoms with Crippen LogP contribution in [0.2, 0.25) is 54.4 Å². The molecule has 0 saturated carbocycles. The average Bonchev–Trinajstić information content (AvgIpc) is 2.70. The molecule has 1 aliphatic heterocycles. The van der Waals surface area contributed by atoms with E-state index in [4.69, 9.17) is 29.2 Å². The van der Waals surface area contributed by atoms with E-state index in [0.717, 1.165) is 0 Å². The highest BCUT2D eigenvalue weighted by Gasteiger charge is 2.50. The molecule has 1 saturated heterocycles. The summed E-state index contributed by atoms with van der Waals surface area (Å²) >= 11 is 0. The molecule has 230 valence electrons. The smallest absolute Gasteiger partial charge is 0.193 e. The summed E-state index contributed by atoms with van der Waals surface area (Å²) in [5, 5.41) is 10.8. The Balaban J connectivity index is 3.34. The lowest BCUT2D eigenvalue weighted by atomic mass is 10.0. The zero-order valence-corrected chi connectivity index (χ0v) is 31.3. The van der Waals surface area contributed by atoms with E-state index in [0.29, 0.717) is 6.42 Å². The number of rotatable bonds is 10. The van der Waals surface area contributed by atoms with Crippen LogP contribution in [0.1, 0.15) is 82.6 Å². The van der Waals surface area contributed by atoms with Gasteiger partial charge in [-0.1, -0.05) is 68.2 Å². The summed E-state index contributed by atoms with van der Waals surface area (Å²) < 4.78 is 33.4. The summed E-state index contributed by atoms with van der Waals surface area (Å²) in [6, 6.07) is 0. The van der Waals surface area contributed by atoms with E-state index in [1.165, 1.54) is 0 Å². The van der Waals surface area contributed by atoms with Crippen molar-refractivity contribution in [3.05, 3.63) is 0 Å². The summed E-state index contributed by atoms with van der Waals surface area (Å²) in [6.45, 7) is 37.1. The molecule has 0 bridgehead atoms. The van der Waals surface area contributed by atoms with Crippen molar-refractivity contribution in [1.29, 1.82) is 0 Å². The van der Waals surface area contributed by atoms with Crippen LogP contribution in [0.4, 0.5) is 0 Å². The molecule has 1 rings (SSSR count). The molecule has 0 unspecified atom stereocenters. The molecule has 1 aliphatic rings. The first-order valence-electron chi connectivity index (χ1n) is 14.7. The van der Waals surface area contributed by atoms with Gasteiger partial charge in [-0.3, -0.25) is 0 Å². The van der Waals surface area contributed by atoms with Gasteiger partial charge in [0.25, 0.3) is 0 Å². The van der Waals surface area contributed by atoms with Gasteiger partial charge in [-0.15, -0.1) is 6.42 Å². The SMILES string of the molecule is C#C[C@H](O[Si](C)(C)C(C)(C)C)[C@H](O[C@H]1C[C@H](O[Si](C)(C)C(C)(C)C)[C@H](O[Si](C)(C)C(C)(C)C)[C@H](C)O1)[C@H](C)O. The van der Waals surface area contributed by atoms with E-state index in [1.807, 2.05) is 6.92 Å². The van der Waals surface area contributed by atoms with E-state index >= 15 is 0 Å². The Morgan fingerprint density at radius 3 is 1.64 bits per heavy atom. The zero-order chi connectivity index (χ0) is 31.0. The Labute approximate surface area is 244 Å². The summed E-state index contributed by atoms with van der Waals surface area (Å²) in [5.74, 6) is 2.77. The minimum absolute atomic E-state index is 0.0302. The molecular weight excluding hydrogens is 541 g/mol. The van der Waals surface area contributed by atoms with Gasteiger partial charge in [0.05, 0.1) is 24.4 Å². The predicted molar refractivity (Wildman–Crippen MR) is 171 cm³/mol. The van der Waals surface area contributed by atoms with Gasteiger partial charge in [-0.2, -0.15) is 0 Å². The molecule has 1 N–H and O–H groups in total. The van der Waals surface area contributed by atoms with Crippen LogP contribution >= 0.6 is 0 Å². The molecule has 0 aromatic heterocycles. The van der Waals surface area contributed by atoms with Crippen molar-refractivity contribution in [1.82, 2.24) is 0 Å². The minimum atomic E-state index is -2.21. The van der Waals surface area contributed by atoms with Crippen molar-refractivity contribution in [3.8, 4) is 12.3 Å². The van der Waals surface area contributed by atoms with Gasteiger partial charge in [0.1, 0.15) is 12.2 Å². The highest BCUT2D eigenvalue weighted by atomic mass is 28.4. The van der Waals surface area contributed by atoms with Crippen molar-refractivity contribution >= 4 is 25.0 Å². The lowest BCUT2D eigenvalue weighted by Crippen LogP contribution is -2.60. The number of terminal acetylenes is 1. The summed E-state index contributed by atoms with van der Waals surface area (Å²) in [6.07, 6.45) is 2.93. The van der Waals surface area contributed by atoms with E-state index < -0.39 is 49.6 Å². The van der Waals surface area contributed by atoms with Gasteiger partial charge < -0.3 is 27.9 Å². The first-order valence-corrected chi connectivity index (χ1v) is 23.4. The van der Waals surface area contributed by atoms with Crippen molar-refractivity contribution in [2.75, 3.05) is 0 Å². The number of ether oxygens (including phenoxy) is 2. The molecular formula is C30H62O6Si3. The summed E-state index contributed by atoms with van der Waals surface area (Å²) in [4.78, 5) is 0. The molecule has 0 amide bonds. The third kappa shape index (κ3) is 9.48. The van der Waals surface area contributed by atoms with Crippen molar-refractivity contribution in [3.63, 3.8) is 0 Å². The molecule has 0 aliphatic carbocycles. The van der Waals surface area contributed by atoms with Crippen LogP contribution < -0.4 is 0 Å². The monoisotopic (exact) mass is 602 g/mol. The van der Waals surface area contributed by atoms with Gasteiger partial charge in [-0.25, -0.2) is 0 Å². The molecule has 0 radical (unpaired) electrons. The van der Waals surface area contributed by atoms with E-state index in [1.54, 1.807) is 6.92 Å². The van der Waals surface area contributed by atoms with Crippen molar-refractivity contribution in [2.24, 2.45) is 0 Å². The third-order valence-corrected chi connectivity index (χ3v) is 23.0. The first kappa shape index (κ1) is 37.0. The molecule has 1 heterocycles. The Morgan fingerprint density at radius 1 is 0.821 bits per heavy atom. The highest BCUT2D eigenvalue weighted by molar-refractivity contribution is 6.75. The molecule has 0 spiro atoms. The number of aliphatic hydroxyl groups is 1. The fourth-order valence-corrected chi connectivity index (χ4v) is 7.66. The predicted octanol–water partition coefficient (Wildman–Crippen LogP) is 7.69. The quantitative estimate of drug-likeness (QED) is 0.204. The Bertz CT molecular complexity index is 830. The fourth-order valence-electron chi connectivity index (χ4n) is 3.75. The topological polar surface area (TPSA) is 66.4 Å². The second kappa shape index (κ2) is 12.7. The summed E-state index contributed by atoms with van der Waals surface area (Å²) in [5.41, 5.74) is 0. The van der Waals surface area contributed by atoms with E-state index in [-0.39, 0.29) is 33.4 Å². The van der Waals surface area contributed by atoms with Crippen molar-refractivity contribution in [2.45, 2.75) is 180 Å². The second-order valence-electron chi connectivity index (χ2n) is 16.1. The standard InChI is InChI=1S/C30H62O6Si3/c1-19-23(34-37(13,14)28(4,5)6)26(21(2)31)33-25-20-24(35-38(15,16)29(7,8)9)27(22(3)32-25)36-39(17,18)30(10,11)12/h1,21-27,31H,20H2,2-18H3/t21-,22-,23-,24-,25-,26+,27+/m0/s1. The molecule has 7 atom stereocenters. The molecule has 39 heavy (non-hydrogen) atoms. The van der Waals surface area contributed by atoms with Gasteiger partial charge in [0.15, 0.2) is 31.2 Å². The van der Waals surface area contributed by atoms with Crippen LogP contribution in [0.5, 0.6) is 0 Å². The first-order chi connectivity index (χ1) is 17.2. The molecule has 6 nitrogen and oxygen atoms in total. The minimum Gasteiger partial charge on any atom is -0.411 e. The fraction of sp³-hybridized carbons (Fsp3) is 0.933. The normalized spacial score (nSPS) is 26.6. The van der Waals surface area contributed by atoms with Crippen LogP contribution in [0.25, 0.3) is 0 Å². The second-order valence-corrected chi connectivity index (χ2v) is 30.3. The van der Waals surface area contributed by atoms with Gasteiger partial charge >= 0.3 is 0 Å². The largest absolute Gasteiger partial charge is 0.411 e. The maximum Gasteiger partial charge on any atom is 0.193 e. The van der Waals surface area contributed by atoms with Crippen molar-refractivity contribution < 1.29 is 27.9 Å². The third-order valence-electron chi connectivity index (χ3n) is 9.58. The van der Waals surface area contributed by atoms with Gasteiger partial charge in [-0.05, 0) is 68.2 Å². The molecule has 9 heteroatoms. The van der Waals surface area contributed by atoms with E-state index in [9.17, 15) is 5.11 Å². The summed E-state index contributed by atoms with van der Waals surface area (Å²) in [7, 11) is -6.45. The number of hydrogen-bond donors (Lipinski definition) is 1. The van der Waals surface area contributed by atoms with Crippen LogP contribution in [0.15, 0.2) is 0 Å². The maximum absolute atomic E-state index is 10.8. The Morgan fingerprint density at radius 2 is 1.26 bits per heavy atom. The lowest BCUT2D eigenvalue weighted by molar-refractivity contribution is -0.270. The molecule has 1 fully saturated rings. The Kier molecular flexibility index (Phi) is 12.0. The number of hydrogen-bond acceptors (Lipinski definition) is 6. The average molecular weight is 603 g/mol. The van der Waals surface area contributed by atoms with Gasteiger partial charge in [0.2, 0.25) is 0 Å². The molecule has 0 aromatic carbocycles. The zero-order valence-electron chi connectivity index (χ0n) is 28.3. The Hall–Kier alpha value is -0.0294. The van der Waals surface area contributed by atoms with Crippen LogP contribution in [0, 0.1) is 12.3 Å². The van der Waals surface area contributed by atoms with Crippen LogP contribution in [0.3, 0.4) is 0 Å².